The number of fused-ring (bicyclic) bond motifs is 1. The quantitative estimate of drug-likeness (QED) is 0.307. The lowest BCUT2D eigenvalue weighted by Crippen LogP contribution is -2.27. The number of rotatable bonds is 5. The molecule has 0 aliphatic carbocycles. The van der Waals surface area contributed by atoms with Gasteiger partial charge in [-0.25, -0.2) is 13.6 Å². The number of ether oxygens (including phenoxy) is 2. The molecule has 0 bridgehead atoms. The van der Waals surface area contributed by atoms with Crippen LogP contribution < -0.4 is 4.74 Å². The molecule has 186 valence electrons. The summed E-state index contributed by atoms with van der Waals surface area (Å²) in [6, 6.07) is 18.2. The minimum atomic E-state index is -2.21. The molecule has 5 rings (SSSR count). The Morgan fingerprint density at radius 2 is 1.78 bits per heavy atom. The summed E-state index contributed by atoms with van der Waals surface area (Å²) in [6.45, 7) is 0.330. The van der Waals surface area contributed by atoms with Crippen molar-refractivity contribution in [3.8, 4) is 28.3 Å². The molecular weight excluding hydrogens is 481 g/mol. The van der Waals surface area contributed by atoms with E-state index < -0.39 is 15.5 Å². The van der Waals surface area contributed by atoms with E-state index in [4.69, 9.17) is 14.6 Å². The summed E-state index contributed by atoms with van der Waals surface area (Å²) < 4.78 is 42.4. The van der Waals surface area contributed by atoms with E-state index in [-0.39, 0.29) is 11.8 Å². The maximum absolute atomic E-state index is 15.0. The predicted octanol–water partition coefficient (Wildman–Crippen LogP) is 6.35. The van der Waals surface area contributed by atoms with Crippen LogP contribution in [0.15, 0.2) is 77.0 Å². The number of aromatic nitrogens is 2. The Kier molecular flexibility index (Phi) is 6.40. The van der Waals surface area contributed by atoms with Crippen molar-refractivity contribution in [3.05, 3.63) is 78.5 Å². The van der Waals surface area contributed by atoms with Crippen LogP contribution in [0.5, 0.6) is 5.88 Å². The Hall–Kier alpha value is -3.85. The van der Waals surface area contributed by atoms with Crippen molar-refractivity contribution in [2.45, 2.75) is 18.9 Å². The van der Waals surface area contributed by atoms with E-state index in [0.717, 1.165) is 17.4 Å². The van der Waals surface area contributed by atoms with E-state index in [0.29, 0.717) is 53.4 Å². The number of pyridine rings is 1. The van der Waals surface area contributed by atoms with E-state index in [1.165, 1.54) is 6.07 Å². The number of allylic oxidation sites excluding steroid dienone is 1. The number of aliphatic hydroxyl groups excluding tert-OH is 1. The van der Waals surface area contributed by atoms with Crippen molar-refractivity contribution in [2.24, 2.45) is 4.36 Å². The lowest BCUT2D eigenvalue weighted by Gasteiger charge is -2.24. The monoisotopic (exact) mass is 507 g/mol. The molecule has 1 atom stereocenters. The van der Waals surface area contributed by atoms with Crippen molar-refractivity contribution in [2.75, 3.05) is 19.1 Å². The van der Waals surface area contributed by atoms with Crippen LogP contribution in [0, 0.1) is 5.82 Å². The Morgan fingerprint density at radius 3 is 2.39 bits per heavy atom. The highest BCUT2D eigenvalue weighted by Crippen LogP contribution is 2.30. The SMILES string of the molecule is CS(C)(=O)=Nc1ccc(-c2ccc(-c3nc4cc(O[C@@H]5CC/C(=C/O)OC5)[nH]c4cc3F)cc2)cc1. The normalized spacial score (nSPS) is 17.2. The fourth-order valence-electron chi connectivity index (χ4n) is 4.09. The van der Waals surface area contributed by atoms with Crippen LogP contribution in [0.1, 0.15) is 12.8 Å². The summed E-state index contributed by atoms with van der Waals surface area (Å²) in [5.74, 6) is 0.602. The number of H-pyrrole nitrogens is 1. The number of aromatic amines is 1. The van der Waals surface area contributed by atoms with Crippen molar-refractivity contribution in [1.82, 2.24) is 9.97 Å². The molecule has 4 aromatic rings. The average Bonchev–Trinajstić information content (AvgIpc) is 3.24. The number of nitrogens with one attached hydrogen (secondary N) is 1. The van der Waals surface area contributed by atoms with E-state index in [2.05, 4.69) is 14.3 Å². The van der Waals surface area contributed by atoms with Crippen LogP contribution in [-0.4, -0.2) is 44.5 Å². The first-order chi connectivity index (χ1) is 17.3. The second-order valence-electron chi connectivity index (χ2n) is 8.97. The molecule has 1 aliphatic rings. The molecule has 7 nitrogen and oxygen atoms in total. The zero-order valence-corrected chi connectivity index (χ0v) is 20.7. The summed E-state index contributed by atoms with van der Waals surface area (Å²) in [5.41, 5.74) is 4.67. The first-order valence-corrected chi connectivity index (χ1v) is 13.8. The molecule has 36 heavy (non-hydrogen) atoms. The molecule has 1 fully saturated rings. The first-order valence-electron chi connectivity index (χ1n) is 11.5. The van der Waals surface area contributed by atoms with Gasteiger partial charge < -0.3 is 19.6 Å². The third kappa shape index (κ3) is 5.36. The molecule has 3 heterocycles. The standard InChI is InChI=1S/C27H26FN3O4S/c1-36(2,33)31-20-9-7-18(8-10-20)17-3-5-19(6-4-17)27-23(28)13-24-25(30-27)14-26(29-24)35-22-12-11-21(15-32)34-16-22/h3-10,13-15,22,29,32H,11-12,16H2,1-2H3/b21-15-/t22-/m1/s1. The second kappa shape index (κ2) is 9.66. The highest BCUT2D eigenvalue weighted by atomic mass is 32.2. The maximum atomic E-state index is 15.0. The van der Waals surface area contributed by atoms with Gasteiger partial charge in [0.15, 0.2) is 11.7 Å². The maximum Gasteiger partial charge on any atom is 0.193 e. The smallest absolute Gasteiger partial charge is 0.193 e. The summed E-state index contributed by atoms with van der Waals surface area (Å²) in [7, 11) is -2.21. The van der Waals surface area contributed by atoms with Crippen LogP contribution in [0.2, 0.25) is 0 Å². The lowest BCUT2D eigenvalue weighted by atomic mass is 10.0. The summed E-state index contributed by atoms with van der Waals surface area (Å²) in [5, 5.41) is 9.03. The number of nitrogens with zero attached hydrogens (tertiary/aromatic N) is 2. The van der Waals surface area contributed by atoms with Gasteiger partial charge >= 0.3 is 0 Å². The van der Waals surface area contributed by atoms with Crippen LogP contribution in [0.4, 0.5) is 10.1 Å². The van der Waals surface area contributed by atoms with Gasteiger partial charge in [-0.05, 0) is 29.7 Å². The Bertz CT molecular complexity index is 1530. The minimum absolute atomic E-state index is 0.172. The van der Waals surface area contributed by atoms with Gasteiger partial charge in [-0.2, -0.15) is 4.36 Å². The molecule has 9 heteroatoms. The van der Waals surface area contributed by atoms with E-state index in [1.807, 2.05) is 48.5 Å². The van der Waals surface area contributed by atoms with Gasteiger partial charge in [-0.1, -0.05) is 36.4 Å². The molecule has 1 aliphatic heterocycles. The molecule has 0 spiro atoms. The molecule has 0 saturated carbocycles. The van der Waals surface area contributed by atoms with E-state index in [1.54, 1.807) is 18.6 Å². The van der Waals surface area contributed by atoms with Crippen LogP contribution in [0.3, 0.4) is 0 Å². The predicted molar refractivity (Wildman–Crippen MR) is 139 cm³/mol. The fraction of sp³-hybridized carbons (Fsp3) is 0.222. The van der Waals surface area contributed by atoms with Crippen LogP contribution in [0.25, 0.3) is 33.4 Å². The average molecular weight is 508 g/mol. The number of aliphatic hydroxyl groups is 1. The van der Waals surface area contributed by atoms with Gasteiger partial charge in [0, 0.05) is 46.4 Å². The van der Waals surface area contributed by atoms with Crippen molar-refractivity contribution < 1.29 is 23.2 Å². The largest absolute Gasteiger partial charge is 0.512 e. The number of benzene rings is 2. The van der Waals surface area contributed by atoms with Gasteiger partial charge in [-0.3, -0.25) is 0 Å². The highest BCUT2D eigenvalue weighted by Gasteiger charge is 2.21. The molecule has 0 unspecified atom stereocenters. The Labute approximate surface area is 208 Å². The Balaban J connectivity index is 1.35. The van der Waals surface area contributed by atoms with Crippen molar-refractivity contribution in [3.63, 3.8) is 0 Å². The van der Waals surface area contributed by atoms with E-state index >= 15 is 0 Å². The van der Waals surface area contributed by atoms with E-state index in [9.17, 15) is 8.60 Å². The molecule has 2 N–H and O–H groups in total. The third-order valence-corrected chi connectivity index (χ3v) is 6.47. The first kappa shape index (κ1) is 23.9. The van der Waals surface area contributed by atoms with Gasteiger partial charge in [-0.15, -0.1) is 0 Å². The van der Waals surface area contributed by atoms with Crippen LogP contribution >= 0.6 is 0 Å². The van der Waals surface area contributed by atoms with Gasteiger partial charge in [0.1, 0.15) is 30.4 Å². The summed E-state index contributed by atoms with van der Waals surface area (Å²) in [6.07, 6.45) is 5.30. The zero-order valence-electron chi connectivity index (χ0n) is 19.9. The van der Waals surface area contributed by atoms with Gasteiger partial charge in [0.2, 0.25) is 0 Å². The molecule has 2 aromatic carbocycles. The summed E-state index contributed by atoms with van der Waals surface area (Å²) in [4.78, 5) is 7.60. The van der Waals surface area contributed by atoms with Gasteiger partial charge in [0.25, 0.3) is 0 Å². The number of halogens is 1. The highest BCUT2D eigenvalue weighted by molar-refractivity contribution is 7.92. The molecular formula is C27H26FN3O4S. The fourth-order valence-corrected chi connectivity index (χ4v) is 4.72. The third-order valence-electron chi connectivity index (χ3n) is 5.82. The number of hydrogen-bond acceptors (Lipinski definition) is 6. The minimum Gasteiger partial charge on any atom is -0.512 e. The lowest BCUT2D eigenvalue weighted by molar-refractivity contribution is 0.0424. The molecule has 2 aromatic heterocycles. The Morgan fingerprint density at radius 1 is 1.11 bits per heavy atom. The van der Waals surface area contributed by atoms with Crippen LogP contribution in [-0.2, 0) is 14.5 Å². The summed E-state index contributed by atoms with van der Waals surface area (Å²) >= 11 is 0. The second-order valence-corrected chi connectivity index (χ2v) is 11.5. The van der Waals surface area contributed by atoms with Crippen molar-refractivity contribution >= 4 is 26.4 Å². The molecule has 0 radical (unpaired) electrons. The van der Waals surface area contributed by atoms with Gasteiger partial charge in [0.05, 0.1) is 16.7 Å². The number of hydrogen-bond donors (Lipinski definition) is 2. The molecule has 0 amide bonds. The molecule has 1 saturated heterocycles. The zero-order chi connectivity index (χ0) is 25.3. The topological polar surface area (TPSA) is 96.8 Å². The van der Waals surface area contributed by atoms with Crippen molar-refractivity contribution in [1.29, 1.82) is 0 Å².